The van der Waals surface area contributed by atoms with Crippen LogP contribution in [0.1, 0.15) is 30.9 Å². The molecule has 2 nitrogen and oxygen atoms in total. The molecular weight excluding hydrogens is 282 g/mol. The van der Waals surface area contributed by atoms with Crippen molar-refractivity contribution in [3.05, 3.63) is 64.7 Å². The van der Waals surface area contributed by atoms with Gasteiger partial charge in [-0.25, -0.2) is 0 Å². The van der Waals surface area contributed by atoms with Crippen molar-refractivity contribution in [2.45, 2.75) is 32.9 Å². The number of benzene rings is 2. The van der Waals surface area contributed by atoms with Crippen LogP contribution in [0.5, 0.6) is 5.75 Å². The lowest BCUT2D eigenvalue weighted by atomic mass is 10.2. The first-order valence-electron chi connectivity index (χ1n) is 7.45. The molecule has 2 rings (SSSR count). The van der Waals surface area contributed by atoms with Crippen molar-refractivity contribution in [1.29, 1.82) is 0 Å². The van der Waals surface area contributed by atoms with Crippen LogP contribution in [0.2, 0.25) is 5.02 Å². The van der Waals surface area contributed by atoms with Crippen LogP contribution in [-0.2, 0) is 13.2 Å². The molecule has 0 radical (unpaired) electrons. The maximum absolute atomic E-state index is 5.96. The highest BCUT2D eigenvalue weighted by Gasteiger charge is 1.98. The zero-order valence-corrected chi connectivity index (χ0v) is 13.2. The van der Waals surface area contributed by atoms with E-state index < -0.39 is 0 Å². The Morgan fingerprint density at radius 3 is 2.57 bits per heavy atom. The van der Waals surface area contributed by atoms with Crippen molar-refractivity contribution < 1.29 is 4.74 Å². The van der Waals surface area contributed by atoms with E-state index in [1.54, 1.807) is 0 Å². The van der Waals surface area contributed by atoms with Gasteiger partial charge in [0.05, 0.1) is 0 Å². The second kappa shape index (κ2) is 8.71. The minimum Gasteiger partial charge on any atom is -0.489 e. The number of hydrogen-bond donors (Lipinski definition) is 1. The molecule has 112 valence electrons. The van der Waals surface area contributed by atoms with Gasteiger partial charge in [0.1, 0.15) is 12.4 Å². The van der Waals surface area contributed by atoms with Crippen LogP contribution in [0.25, 0.3) is 0 Å². The highest BCUT2D eigenvalue weighted by Crippen LogP contribution is 2.16. The fourth-order valence-electron chi connectivity index (χ4n) is 2.03. The highest BCUT2D eigenvalue weighted by atomic mass is 35.5. The summed E-state index contributed by atoms with van der Waals surface area (Å²) in [6, 6.07) is 16.0. The molecule has 3 heteroatoms. The zero-order chi connectivity index (χ0) is 14.9. The third kappa shape index (κ3) is 5.78. The Balaban J connectivity index is 1.79. The quantitative estimate of drug-likeness (QED) is 0.707. The van der Waals surface area contributed by atoms with Gasteiger partial charge >= 0.3 is 0 Å². The zero-order valence-electron chi connectivity index (χ0n) is 12.4. The SMILES string of the molecule is CCCCNCc1ccc(OCc2cccc(Cl)c2)cc1. The Morgan fingerprint density at radius 2 is 1.86 bits per heavy atom. The van der Waals surface area contributed by atoms with Crippen molar-refractivity contribution in [2.24, 2.45) is 0 Å². The average Bonchev–Trinajstić information content (AvgIpc) is 2.51. The number of hydrogen-bond acceptors (Lipinski definition) is 2. The minimum atomic E-state index is 0.536. The van der Waals surface area contributed by atoms with Crippen LogP contribution >= 0.6 is 11.6 Å². The summed E-state index contributed by atoms with van der Waals surface area (Å²) in [7, 11) is 0. The van der Waals surface area contributed by atoms with Crippen molar-refractivity contribution in [3.8, 4) is 5.75 Å². The van der Waals surface area contributed by atoms with Gasteiger partial charge in [0, 0.05) is 11.6 Å². The van der Waals surface area contributed by atoms with E-state index in [1.807, 2.05) is 36.4 Å². The predicted molar refractivity (Wildman–Crippen MR) is 88.8 cm³/mol. The molecule has 0 aliphatic heterocycles. The molecule has 0 saturated carbocycles. The third-order valence-electron chi connectivity index (χ3n) is 3.25. The normalized spacial score (nSPS) is 10.6. The van der Waals surface area contributed by atoms with E-state index >= 15 is 0 Å². The largest absolute Gasteiger partial charge is 0.489 e. The molecule has 0 atom stereocenters. The first kappa shape index (κ1) is 15.9. The second-order valence-electron chi connectivity index (χ2n) is 5.09. The van der Waals surface area contributed by atoms with Gasteiger partial charge in [0.2, 0.25) is 0 Å². The monoisotopic (exact) mass is 303 g/mol. The summed E-state index contributed by atoms with van der Waals surface area (Å²) >= 11 is 5.96. The first-order valence-corrected chi connectivity index (χ1v) is 7.82. The summed E-state index contributed by atoms with van der Waals surface area (Å²) in [6.07, 6.45) is 2.45. The van der Waals surface area contributed by atoms with Crippen molar-refractivity contribution in [1.82, 2.24) is 5.32 Å². The topological polar surface area (TPSA) is 21.3 Å². The Kier molecular flexibility index (Phi) is 6.58. The van der Waals surface area contributed by atoms with E-state index in [2.05, 4.69) is 24.4 Å². The molecule has 0 fully saturated rings. The van der Waals surface area contributed by atoms with Gasteiger partial charge in [-0.1, -0.05) is 49.2 Å². The number of rotatable bonds is 8. The van der Waals surface area contributed by atoms with E-state index in [-0.39, 0.29) is 0 Å². The highest BCUT2D eigenvalue weighted by molar-refractivity contribution is 6.30. The molecular formula is C18H22ClNO. The Morgan fingerprint density at radius 1 is 1.05 bits per heavy atom. The summed E-state index contributed by atoms with van der Waals surface area (Å²) in [5.74, 6) is 0.882. The fraction of sp³-hybridized carbons (Fsp3) is 0.333. The summed E-state index contributed by atoms with van der Waals surface area (Å²) in [5.41, 5.74) is 2.36. The molecule has 1 N–H and O–H groups in total. The molecule has 0 saturated heterocycles. The lowest BCUT2D eigenvalue weighted by molar-refractivity contribution is 0.306. The van der Waals surface area contributed by atoms with E-state index in [4.69, 9.17) is 16.3 Å². The molecule has 0 aliphatic carbocycles. The fourth-order valence-corrected chi connectivity index (χ4v) is 2.24. The van der Waals surface area contributed by atoms with Gasteiger partial charge in [-0.2, -0.15) is 0 Å². The third-order valence-corrected chi connectivity index (χ3v) is 3.49. The van der Waals surface area contributed by atoms with Gasteiger partial charge in [0.25, 0.3) is 0 Å². The molecule has 21 heavy (non-hydrogen) atoms. The number of halogens is 1. The van der Waals surface area contributed by atoms with E-state index in [9.17, 15) is 0 Å². The van der Waals surface area contributed by atoms with Crippen molar-refractivity contribution in [3.63, 3.8) is 0 Å². The summed E-state index contributed by atoms with van der Waals surface area (Å²) in [4.78, 5) is 0. The lowest BCUT2D eigenvalue weighted by Crippen LogP contribution is -2.14. The van der Waals surface area contributed by atoms with Crippen molar-refractivity contribution in [2.75, 3.05) is 6.54 Å². The molecule has 0 spiro atoms. The Labute approximate surface area is 132 Å². The molecule has 2 aromatic rings. The molecule has 0 amide bonds. The van der Waals surface area contributed by atoms with Gasteiger partial charge in [-0.3, -0.25) is 0 Å². The van der Waals surface area contributed by atoms with Gasteiger partial charge < -0.3 is 10.1 Å². The second-order valence-corrected chi connectivity index (χ2v) is 5.53. The molecule has 0 aliphatic rings. The summed E-state index contributed by atoms with van der Waals surface area (Å²) < 4.78 is 5.77. The van der Waals surface area contributed by atoms with Crippen LogP contribution in [0.4, 0.5) is 0 Å². The van der Waals surface area contributed by atoms with Gasteiger partial charge in [-0.15, -0.1) is 0 Å². The van der Waals surface area contributed by atoms with Gasteiger partial charge in [0.15, 0.2) is 0 Å². The van der Waals surface area contributed by atoms with E-state index in [0.29, 0.717) is 6.61 Å². The number of nitrogens with one attached hydrogen (secondary N) is 1. The van der Waals surface area contributed by atoms with Crippen molar-refractivity contribution >= 4 is 11.6 Å². The molecule has 2 aromatic carbocycles. The Bertz CT molecular complexity index is 539. The number of ether oxygens (including phenoxy) is 1. The molecule has 0 bridgehead atoms. The maximum atomic E-state index is 5.96. The van der Waals surface area contributed by atoms with Crippen LogP contribution in [0, 0.1) is 0 Å². The minimum absolute atomic E-state index is 0.536. The Hall–Kier alpha value is -1.51. The van der Waals surface area contributed by atoms with Crippen LogP contribution in [-0.4, -0.2) is 6.54 Å². The van der Waals surface area contributed by atoms with Crippen LogP contribution < -0.4 is 10.1 Å². The predicted octanol–water partition coefficient (Wildman–Crippen LogP) is 4.81. The maximum Gasteiger partial charge on any atom is 0.119 e. The lowest BCUT2D eigenvalue weighted by Gasteiger charge is -2.08. The summed E-state index contributed by atoms with van der Waals surface area (Å²) in [6.45, 7) is 4.72. The van der Waals surface area contributed by atoms with E-state index in [0.717, 1.165) is 29.4 Å². The van der Waals surface area contributed by atoms with Crippen LogP contribution in [0.3, 0.4) is 0 Å². The average molecular weight is 304 g/mol. The van der Waals surface area contributed by atoms with Gasteiger partial charge in [-0.05, 0) is 48.4 Å². The smallest absolute Gasteiger partial charge is 0.119 e. The van der Waals surface area contributed by atoms with Crippen LogP contribution in [0.15, 0.2) is 48.5 Å². The first-order chi connectivity index (χ1) is 10.3. The summed E-state index contributed by atoms with van der Waals surface area (Å²) in [5, 5.41) is 4.17. The number of unbranched alkanes of at least 4 members (excludes halogenated alkanes) is 1. The molecule has 0 aromatic heterocycles. The molecule has 0 unspecified atom stereocenters. The van der Waals surface area contributed by atoms with E-state index in [1.165, 1.54) is 18.4 Å². The standard InChI is InChI=1S/C18H22ClNO/c1-2-3-11-20-13-15-7-9-18(10-8-15)21-14-16-5-4-6-17(19)12-16/h4-10,12,20H,2-3,11,13-14H2,1H3. The molecule has 0 heterocycles.